The van der Waals surface area contributed by atoms with Crippen LogP contribution in [0.15, 0.2) is 0 Å². The van der Waals surface area contributed by atoms with Crippen molar-refractivity contribution < 1.29 is 13.2 Å². The summed E-state index contributed by atoms with van der Waals surface area (Å²) in [6.07, 6.45) is 5.77. The van der Waals surface area contributed by atoms with E-state index in [1.54, 1.807) is 0 Å². The zero-order valence-electron chi connectivity index (χ0n) is 10.5. The van der Waals surface area contributed by atoms with Gasteiger partial charge in [0, 0.05) is 19.0 Å². The second kappa shape index (κ2) is 6.35. The first-order valence-corrected chi connectivity index (χ1v) is 8.00. The van der Waals surface area contributed by atoms with Gasteiger partial charge in [-0.2, -0.15) is 0 Å². The van der Waals surface area contributed by atoms with Crippen LogP contribution in [-0.2, 0) is 14.8 Å². The van der Waals surface area contributed by atoms with Gasteiger partial charge in [0.25, 0.3) is 0 Å². The molecule has 17 heavy (non-hydrogen) atoms. The first-order valence-electron chi connectivity index (χ1n) is 6.11. The van der Waals surface area contributed by atoms with Gasteiger partial charge in [-0.25, -0.2) is 13.1 Å². The molecule has 1 aliphatic rings. The molecule has 0 radical (unpaired) electrons. The average Bonchev–Trinajstić information content (AvgIpc) is 2.15. The maximum atomic E-state index is 11.6. The maximum Gasteiger partial charge on any atom is 0.221 e. The summed E-state index contributed by atoms with van der Waals surface area (Å²) in [7, 11) is -3.19. The standard InChI is InChI=1S/C11H22N2O3S/c1-9-4-3-5-10(8-9)13-11(14)6-7-12-17(2,15)16/h9-10,12H,3-8H2,1-2H3,(H,13,14). The summed E-state index contributed by atoms with van der Waals surface area (Å²) in [4.78, 5) is 11.6. The molecule has 1 saturated carbocycles. The van der Waals surface area contributed by atoms with Gasteiger partial charge in [-0.3, -0.25) is 4.79 Å². The summed E-state index contributed by atoms with van der Waals surface area (Å²) in [5.74, 6) is 0.600. The molecule has 0 heterocycles. The van der Waals surface area contributed by atoms with Gasteiger partial charge in [-0.05, 0) is 18.8 Å². The highest BCUT2D eigenvalue weighted by molar-refractivity contribution is 7.88. The summed E-state index contributed by atoms with van der Waals surface area (Å²) >= 11 is 0. The van der Waals surface area contributed by atoms with Gasteiger partial charge in [0.15, 0.2) is 0 Å². The second-order valence-electron chi connectivity index (χ2n) is 4.95. The minimum atomic E-state index is -3.19. The maximum absolute atomic E-state index is 11.6. The lowest BCUT2D eigenvalue weighted by molar-refractivity contribution is -0.121. The molecule has 0 aromatic heterocycles. The normalized spacial score (nSPS) is 25.5. The smallest absolute Gasteiger partial charge is 0.221 e. The summed E-state index contributed by atoms with van der Waals surface area (Å²) < 4.78 is 23.9. The Morgan fingerprint density at radius 1 is 1.35 bits per heavy atom. The van der Waals surface area contributed by atoms with Gasteiger partial charge in [-0.15, -0.1) is 0 Å². The van der Waals surface area contributed by atoms with E-state index in [0.717, 1.165) is 25.5 Å². The monoisotopic (exact) mass is 262 g/mol. The van der Waals surface area contributed by atoms with Crippen LogP contribution in [-0.4, -0.2) is 33.2 Å². The minimum absolute atomic E-state index is 0.0692. The topological polar surface area (TPSA) is 75.3 Å². The van der Waals surface area contributed by atoms with E-state index in [0.29, 0.717) is 5.92 Å². The predicted molar refractivity (Wildman–Crippen MR) is 67.0 cm³/mol. The van der Waals surface area contributed by atoms with Crippen LogP contribution in [0.25, 0.3) is 0 Å². The third-order valence-corrected chi connectivity index (χ3v) is 3.75. The number of rotatable bonds is 5. The van der Waals surface area contributed by atoms with E-state index in [2.05, 4.69) is 17.0 Å². The fourth-order valence-corrected chi connectivity index (χ4v) is 2.69. The highest BCUT2D eigenvalue weighted by Gasteiger charge is 2.20. The Morgan fingerprint density at radius 3 is 2.65 bits per heavy atom. The fraction of sp³-hybridized carbons (Fsp3) is 0.909. The van der Waals surface area contributed by atoms with Gasteiger partial charge in [0.1, 0.15) is 0 Å². The van der Waals surface area contributed by atoms with Crippen LogP contribution in [0.4, 0.5) is 0 Å². The van der Waals surface area contributed by atoms with Gasteiger partial charge in [0.05, 0.1) is 6.26 Å². The molecule has 0 bridgehead atoms. The van der Waals surface area contributed by atoms with Crippen LogP contribution >= 0.6 is 0 Å². The summed E-state index contributed by atoms with van der Waals surface area (Å²) in [6, 6.07) is 0.268. The zero-order valence-corrected chi connectivity index (χ0v) is 11.3. The van der Waals surface area contributed by atoms with Gasteiger partial charge >= 0.3 is 0 Å². The van der Waals surface area contributed by atoms with Crippen LogP contribution in [0.5, 0.6) is 0 Å². The molecule has 5 nitrogen and oxygen atoms in total. The lowest BCUT2D eigenvalue weighted by Crippen LogP contribution is -2.39. The Morgan fingerprint density at radius 2 is 2.06 bits per heavy atom. The molecule has 2 atom stereocenters. The van der Waals surface area contributed by atoms with Crippen LogP contribution in [0.3, 0.4) is 0 Å². The van der Waals surface area contributed by atoms with Crippen molar-refractivity contribution in [2.24, 2.45) is 5.92 Å². The van der Waals surface area contributed by atoms with Crippen molar-refractivity contribution in [2.45, 2.75) is 45.1 Å². The molecule has 0 aliphatic heterocycles. The van der Waals surface area contributed by atoms with Gasteiger partial charge in [-0.1, -0.05) is 19.8 Å². The van der Waals surface area contributed by atoms with Gasteiger partial charge < -0.3 is 5.32 Å². The SMILES string of the molecule is CC1CCCC(NC(=O)CCNS(C)(=O)=O)C1. The first kappa shape index (κ1) is 14.4. The third kappa shape index (κ3) is 6.63. The number of amides is 1. The molecule has 1 rings (SSSR count). The molecule has 2 N–H and O–H groups in total. The summed E-state index contributed by atoms with van der Waals surface area (Å²) in [5, 5.41) is 2.96. The number of carbonyl (C=O) groups excluding carboxylic acids is 1. The first-order chi connectivity index (χ1) is 7.87. The number of hydrogen-bond acceptors (Lipinski definition) is 3. The Bertz CT molecular complexity index is 354. The Kier molecular flexibility index (Phi) is 5.39. The molecule has 1 fully saturated rings. The van der Waals surface area contributed by atoms with Crippen LogP contribution in [0, 0.1) is 5.92 Å². The Balaban J connectivity index is 2.20. The van der Waals surface area contributed by atoms with E-state index in [1.807, 2.05) is 0 Å². The molecule has 2 unspecified atom stereocenters. The van der Waals surface area contributed by atoms with Crippen molar-refractivity contribution >= 4 is 15.9 Å². The molecule has 6 heteroatoms. The molecular formula is C11H22N2O3S. The molecule has 0 aromatic carbocycles. The third-order valence-electron chi connectivity index (χ3n) is 3.02. The van der Waals surface area contributed by atoms with Crippen molar-refractivity contribution in [3.63, 3.8) is 0 Å². The largest absolute Gasteiger partial charge is 0.353 e. The molecule has 0 aromatic rings. The molecule has 100 valence electrons. The molecule has 0 spiro atoms. The average molecular weight is 262 g/mol. The number of nitrogens with one attached hydrogen (secondary N) is 2. The second-order valence-corrected chi connectivity index (χ2v) is 6.79. The van der Waals surface area contributed by atoms with Crippen LogP contribution < -0.4 is 10.0 Å². The highest BCUT2D eigenvalue weighted by Crippen LogP contribution is 2.23. The number of carbonyl (C=O) groups is 1. The zero-order chi connectivity index (χ0) is 12.9. The highest BCUT2D eigenvalue weighted by atomic mass is 32.2. The summed E-state index contributed by atoms with van der Waals surface area (Å²) in [5.41, 5.74) is 0. The van der Waals surface area contributed by atoms with Gasteiger partial charge in [0.2, 0.25) is 15.9 Å². The quantitative estimate of drug-likeness (QED) is 0.762. The van der Waals surface area contributed by atoms with Crippen molar-refractivity contribution in [3.8, 4) is 0 Å². The lowest BCUT2D eigenvalue weighted by atomic mass is 9.87. The van der Waals surface area contributed by atoms with Crippen molar-refractivity contribution in [1.29, 1.82) is 0 Å². The number of hydrogen-bond donors (Lipinski definition) is 2. The van der Waals surface area contributed by atoms with Crippen molar-refractivity contribution in [2.75, 3.05) is 12.8 Å². The van der Waals surface area contributed by atoms with E-state index in [1.165, 1.54) is 6.42 Å². The molecular weight excluding hydrogens is 240 g/mol. The number of sulfonamides is 1. The molecule has 1 amide bonds. The van der Waals surface area contributed by atoms with Crippen molar-refractivity contribution in [1.82, 2.24) is 10.0 Å². The molecule has 1 aliphatic carbocycles. The minimum Gasteiger partial charge on any atom is -0.353 e. The predicted octanol–water partition coefficient (Wildman–Crippen LogP) is 0.621. The Labute approximate surface area is 103 Å². The van der Waals surface area contributed by atoms with Crippen molar-refractivity contribution in [3.05, 3.63) is 0 Å². The van der Waals surface area contributed by atoms with E-state index < -0.39 is 10.0 Å². The summed E-state index contributed by atoms with van der Waals surface area (Å²) in [6.45, 7) is 2.37. The fourth-order valence-electron chi connectivity index (χ4n) is 2.22. The van der Waals surface area contributed by atoms with E-state index in [4.69, 9.17) is 0 Å². The van der Waals surface area contributed by atoms with E-state index in [-0.39, 0.29) is 24.9 Å². The van der Waals surface area contributed by atoms with Crippen LogP contribution in [0.1, 0.15) is 39.0 Å². The van der Waals surface area contributed by atoms with E-state index >= 15 is 0 Å². The van der Waals surface area contributed by atoms with Crippen LogP contribution in [0.2, 0.25) is 0 Å². The Hall–Kier alpha value is -0.620. The lowest BCUT2D eigenvalue weighted by Gasteiger charge is -2.27. The van der Waals surface area contributed by atoms with E-state index in [9.17, 15) is 13.2 Å². The molecule has 0 saturated heterocycles.